The molecule has 0 bridgehead atoms. The van der Waals surface area contributed by atoms with Crippen LogP contribution in [0.4, 0.5) is 8.78 Å². The molecule has 0 spiro atoms. The first-order valence-corrected chi connectivity index (χ1v) is 9.43. The van der Waals surface area contributed by atoms with Crippen LogP contribution in [-0.2, 0) is 9.32 Å². The van der Waals surface area contributed by atoms with Gasteiger partial charge in [0.2, 0.25) is 0 Å². The quantitative estimate of drug-likeness (QED) is 0.651. The van der Waals surface area contributed by atoms with Crippen LogP contribution in [0, 0.1) is 0 Å². The first-order chi connectivity index (χ1) is 12.1. The van der Waals surface area contributed by atoms with Gasteiger partial charge in [-0.2, -0.15) is 8.78 Å². The van der Waals surface area contributed by atoms with Crippen molar-refractivity contribution in [3.05, 3.63) is 91.0 Å². The normalized spacial score (nSPS) is 11.3. The van der Waals surface area contributed by atoms with Crippen molar-refractivity contribution in [2.45, 2.75) is 6.43 Å². The fourth-order valence-electron chi connectivity index (χ4n) is 2.69. The lowest BCUT2D eigenvalue weighted by atomic mass is 10.4. The molecular weight excluding hydrogens is 341 g/mol. The Labute approximate surface area is 145 Å². The van der Waals surface area contributed by atoms with Gasteiger partial charge in [0.1, 0.15) is 15.9 Å². The summed E-state index contributed by atoms with van der Waals surface area (Å²) in [5.41, 5.74) is 0. The van der Waals surface area contributed by atoms with E-state index in [2.05, 4.69) is 0 Å². The number of carbonyl (C=O) groups excluding carboxylic acids is 1. The largest absolute Gasteiger partial charge is 0.417 e. The second-order valence-electron chi connectivity index (χ2n) is 5.33. The van der Waals surface area contributed by atoms with E-state index in [4.69, 9.17) is 4.52 Å². The van der Waals surface area contributed by atoms with Crippen molar-refractivity contribution in [3.63, 3.8) is 0 Å². The fraction of sp³-hybridized carbons (Fsp3) is 0.0500. The molecule has 126 valence electrons. The van der Waals surface area contributed by atoms with Crippen molar-refractivity contribution in [1.29, 1.82) is 0 Å². The summed E-state index contributed by atoms with van der Waals surface area (Å²) in [5, 5.41) is 2.13. The maximum atomic E-state index is 13.0. The maximum Gasteiger partial charge on any atom is 0.417 e. The van der Waals surface area contributed by atoms with E-state index in [9.17, 15) is 13.6 Å². The molecule has 0 aliphatic rings. The van der Waals surface area contributed by atoms with E-state index >= 15 is 0 Å². The van der Waals surface area contributed by atoms with Crippen LogP contribution in [0.25, 0.3) is 0 Å². The number of alkyl halides is 2. The standard InChI is InChI=1S/C20H16F2O2P/c21-19(22)20(23)24-25(16-10-4-1-5-11-16,17-12-6-2-7-13-17)18-14-8-3-9-15-18/h1-15,19H/q+1. The number of hydrogen-bond acceptors (Lipinski definition) is 2. The predicted molar refractivity (Wildman–Crippen MR) is 97.2 cm³/mol. The second-order valence-corrected chi connectivity index (χ2v) is 8.28. The van der Waals surface area contributed by atoms with Crippen molar-refractivity contribution in [2.24, 2.45) is 0 Å². The van der Waals surface area contributed by atoms with Crippen molar-refractivity contribution in [2.75, 3.05) is 0 Å². The van der Waals surface area contributed by atoms with Crippen LogP contribution >= 0.6 is 7.49 Å². The van der Waals surface area contributed by atoms with E-state index < -0.39 is 19.9 Å². The molecule has 0 N–H and O–H groups in total. The Bertz CT molecular complexity index is 727. The molecule has 2 nitrogen and oxygen atoms in total. The first-order valence-electron chi connectivity index (χ1n) is 7.72. The van der Waals surface area contributed by atoms with E-state index in [1.165, 1.54) is 0 Å². The molecule has 5 heteroatoms. The topological polar surface area (TPSA) is 26.3 Å². The molecule has 0 aromatic heterocycles. The minimum Gasteiger partial charge on any atom is -0.290 e. The van der Waals surface area contributed by atoms with Crippen LogP contribution in [0.15, 0.2) is 91.0 Å². The Morgan fingerprint density at radius 2 is 1.00 bits per heavy atom. The zero-order valence-electron chi connectivity index (χ0n) is 13.3. The second kappa shape index (κ2) is 7.54. The van der Waals surface area contributed by atoms with Gasteiger partial charge in [-0.15, -0.1) is 0 Å². The van der Waals surface area contributed by atoms with Crippen LogP contribution in [0.3, 0.4) is 0 Å². The third kappa shape index (κ3) is 3.45. The van der Waals surface area contributed by atoms with Crippen molar-refractivity contribution < 1.29 is 18.1 Å². The highest BCUT2D eigenvalue weighted by molar-refractivity contribution is 7.92. The SMILES string of the molecule is O=C(O[P+](c1ccccc1)(c1ccccc1)c1ccccc1)C(F)F. The minimum absolute atomic E-state index is 0.710. The molecule has 0 fully saturated rings. The average Bonchev–Trinajstić information content (AvgIpc) is 2.68. The highest BCUT2D eigenvalue weighted by atomic mass is 31.2. The summed E-state index contributed by atoms with van der Waals surface area (Å²) in [6, 6.07) is 27.3. The zero-order chi connectivity index (χ0) is 17.7. The Morgan fingerprint density at radius 3 is 1.28 bits per heavy atom. The van der Waals surface area contributed by atoms with Gasteiger partial charge in [0.05, 0.1) is 0 Å². The Kier molecular flexibility index (Phi) is 5.20. The monoisotopic (exact) mass is 357 g/mol. The Balaban J connectivity index is 2.29. The lowest BCUT2D eigenvalue weighted by Gasteiger charge is -2.24. The summed E-state index contributed by atoms with van der Waals surface area (Å²) in [5.74, 6) is -1.51. The summed E-state index contributed by atoms with van der Waals surface area (Å²) in [4.78, 5) is 11.9. The number of hydrogen-bond donors (Lipinski definition) is 0. The van der Waals surface area contributed by atoms with Crippen LogP contribution in [0.1, 0.15) is 0 Å². The fourth-order valence-corrected chi connectivity index (χ4v) is 6.03. The summed E-state index contributed by atoms with van der Waals surface area (Å²) in [6.45, 7) is 0. The van der Waals surface area contributed by atoms with Gasteiger partial charge in [0.15, 0.2) is 0 Å². The van der Waals surface area contributed by atoms with Gasteiger partial charge in [-0.3, -0.25) is 4.52 Å². The van der Waals surface area contributed by atoms with Crippen LogP contribution in [-0.4, -0.2) is 12.4 Å². The molecule has 0 saturated carbocycles. The van der Waals surface area contributed by atoms with Crippen molar-refractivity contribution in [1.82, 2.24) is 0 Å². The van der Waals surface area contributed by atoms with E-state index in [-0.39, 0.29) is 0 Å². The highest BCUT2D eigenvalue weighted by Crippen LogP contribution is 2.56. The molecule has 0 aliphatic carbocycles. The molecule has 0 radical (unpaired) electrons. The van der Waals surface area contributed by atoms with Crippen LogP contribution in [0.5, 0.6) is 0 Å². The maximum absolute atomic E-state index is 13.0. The van der Waals surface area contributed by atoms with Crippen LogP contribution < -0.4 is 15.9 Å². The van der Waals surface area contributed by atoms with Crippen molar-refractivity contribution >= 4 is 29.4 Å². The Hall–Kier alpha value is -2.58. The lowest BCUT2D eigenvalue weighted by Crippen LogP contribution is -2.35. The molecule has 3 aromatic carbocycles. The van der Waals surface area contributed by atoms with E-state index in [1.54, 1.807) is 0 Å². The molecule has 0 atom stereocenters. The van der Waals surface area contributed by atoms with Crippen LogP contribution in [0.2, 0.25) is 0 Å². The molecule has 25 heavy (non-hydrogen) atoms. The molecule has 0 unspecified atom stereocenters. The lowest BCUT2D eigenvalue weighted by molar-refractivity contribution is -0.145. The summed E-state index contributed by atoms with van der Waals surface area (Å²) < 4.78 is 31.7. The zero-order valence-corrected chi connectivity index (χ0v) is 14.2. The third-order valence-corrected chi connectivity index (χ3v) is 7.29. The molecule has 0 saturated heterocycles. The van der Waals surface area contributed by atoms with Gasteiger partial charge < -0.3 is 0 Å². The van der Waals surface area contributed by atoms with Gasteiger partial charge >= 0.3 is 12.4 Å². The van der Waals surface area contributed by atoms with Gasteiger partial charge in [0.25, 0.3) is 7.49 Å². The molecule has 3 aromatic rings. The number of carbonyl (C=O) groups is 1. The molecule has 0 amide bonds. The van der Waals surface area contributed by atoms with Gasteiger partial charge in [0, 0.05) is 0 Å². The van der Waals surface area contributed by atoms with Gasteiger partial charge in [-0.25, -0.2) is 4.79 Å². The summed E-state index contributed by atoms with van der Waals surface area (Å²) in [6.07, 6.45) is -3.18. The minimum atomic E-state index is -3.18. The smallest absolute Gasteiger partial charge is 0.290 e. The predicted octanol–water partition coefficient (Wildman–Crippen LogP) is 3.70. The molecule has 3 rings (SSSR count). The first kappa shape index (κ1) is 17.2. The molecule has 0 aliphatic heterocycles. The third-order valence-electron chi connectivity index (χ3n) is 3.76. The number of halogens is 2. The Morgan fingerprint density at radius 1 is 0.680 bits per heavy atom. The summed E-state index contributed by atoms with van der Waals surface area (Å²) >= 11 is 0. The van der Waals surface area contributed by atoms with E-state index in [0.717, 1.165) is 0 Å². The highest BCUT2D eigenvalue weighted by Gasteiger charge is 2.52. The van der Waals surface area contributed by atoms with Gasteiger partial charge in [-0.05, 0) is 36.4 Å². The molecular formula is C20H16F2O2P+. The average molecular weight is 357 g/mol. The number of rotatable bonds is 5. The summed E-state index contributed by atoms with van der Waals surface area (Å²) in [7, 11) is -2.99. The van der Waals surface area contributed by atoms with Crippen molar-refractivity contribution in [3.8, 4) is 0 Å². The number of benzene rings is 3. The van der Waals surface area contributed by atoms with E-state index in [1.807, 2.05) is 91.0 Å². The van der Waals surface area contributed by atoms with E-state index in [0.29, 0.717) is 15.9 Å². The molecule has 0 heterocycles. The van der Waals surface area contributed by atoms with Gasteiger partial charge in [-0.1, -0.05) is 54.6 Å².